The van der Waals surface area contributed by atoms with Crippen molar-refractivity contribution in [1.82, 2.24) is 5.43 Å². The number of ether oxygens (including phenoxy) is 2. The molecule has 20 heavy (non-hydrogen) atoms. The summed E-state index contributed by atoms with van der Waals surface area (Å²) in [5.41, 5.74) is 3.93. The lowest BCUT2D eigenvalue weighted by molar-refractivity contribution is 0.410. The number of hydrogen-bond donors (Lipinski definition) is 2. The Balaban J connectivity index is 2.35. The standard InChI is InChI=1S/C15H17FN2O2/c1-19-11-5-3-10(4-6-11)15(18-17)13-8-7-12(20-2)9-14(13)16/h3-9,15,18H,17H2,1-2H3. The van der Waals surface area contributed by atoms with Crippen molar-refractivity contribution in [2.45, 2.75) is 6.04 Å². The molecule has 0 saturated heterocycles. The predicted octanol–water partition coefficient (Wildman–Crippen LogP) is 2.40. The number of methoxy groups -OCH3 is 2. The molecule has 3 N–H and O–H groups in total. The monoisotopic (exact) mass is 276 g/mol. The normalized spacial score (nSPS) is 12.0. The van der Waals surface area contributed by atoms with Crippen molar-refractivity contribution >= 4 is 0 Å². The van der Waals surface area contributed by atoms with Crippen molar-refractivity contribution in [3.8, 4) is 11.5 Å². The molecule has 1 unspecified atom stereocenters. The fourth-order valence-corrected chi connectivity index (χ4v) is 2.03. The molecule has 0 aliphatic carbocycles. The molecular formula is C15H17FN2O2. The first-order chi connectivity index (χ1) is 9.69. The molecule has 0 heterocycles. The summed E-state index contributed by atoms with van der Waals surface area (Å²) in [6, 6.07) is 11.5. The number of hydrogen-bond acceptors (Lipinski definition) is 4. The molecule has 0 bridgehead atoms. The van der Waals surface area contributed by atoms with E-state index in [1.165, 1.54) is 13.2 Å². The molecule has 4 nitrogen and oxygen atoms in total. The van der Waals surface area contributed by atoms with Crippen molar-refractivity contribution in [2.75, 3.05) is 14.2 Å². The summed E-state index contributed by atoms with van der Waals surface area (Å²) in [6.07, 6.45) is 0. The van der Waals surface area contributed by atoms with Gasteiger partial charge in [0.15, 0.2) is 0 Å². The second-order valence-electron chi connectivity index (χ2n) is 4.26. The van der Waals surface area contributed by atoms with Crippen LogP contribution >= 0.6 is 0 Å². The van der Waals surface area contributed by atoms with E-state index in [1.54, 1.807) is 31.4 Å². The van der Waals surface area contributed by atoms with Gasteiger partial charge in [0, 0.05) is 11.6 Å². The van der Waals surface area contributed by atoms with Gasteiger partial charge < -0.3 is 9.47 Å². The molecule has 0 saturated carbocycles. The maximum absolute atomic E-state index is 14.1. The third-order valence-electron chi connectivity index (χ3n) is 3.13. The first kappa shape index (κ1) is 14.3. The Morgan fingerprint density at radius 1 is 1.00 bits per heavy atom. The number of halogens is 1. The zero-order valence-corrected chi connectivity index (χ0v) is 11.4. The van der Waals surface area contributed by atoms with E-state index >= 15 is 0 Å². The first-order valence-corrected chi connectivity index (χ1v) is 6.13. The minimum absolute atomic E-state index is 0.372. The molecule has 0 spiro atoms. The van der Waals surface area contributed by atoms with Gasteiger partial charge in [-0.1, -0.05) is 18.2 Å². The summed E-state index contributed by atoms with van der Waals surface area (Å²) >= 11 is 0. The predicted molar refractivity (Wildman–Crippen MR) is 75.1 cm³/mol. The van der Waals surface area contributed by atoms with Crippen molar-refractivity contribution in [2.24, 2.45) is 5.84 Å². The Bertz CT molecular complexity index is 573. The summed E-state index contributed by atoms with van der Waals surface area (Å²) in [5.74, 6) is 6.40. The third kappa shape index (κ3) is 2.89. The Labute approximate surface area is 117 Å². The van der Waals surface area contributed by atoms with Crippen molar-refractivity contribution in [1.29, 1.82) is 0 Å². The highest BCUT2D eigenvalue weighted by Crippen LogP contribution is 2.27. The molecule has 5 heteroatoms. The topological polar surface area (TPSA) is 56.5 Å². The van der Waals surface area contributed by atoms with Crippen molar-refractivity contribution < 1.29 is 13.9 Å². The largest absolute Gasteiger partial charge is 0.497 e. The van der Waals surface area contributed by atoms with E-state index in [2.05, 4.69) is 5.43 Å². The van der Waals surface area contributed by atoms with Crippen LogP contribution in [0.1, 0.15) is 17.2 Å². The van der Waals surface area contributed by atoms with Crippen LogP contribution in [0.5, 0.6) is 11.5 Å². The van der Waals surface area contributed by atoms with Gasteiger partial charge in [-0.2, -0.15) is 0 Å². The molecule has 2 aromatic carbocycles. The second kappa shape index (κ2) is 6.36. The van der Waals surface area contributed by atoms with Crippen molar-refractivity contribution in [3.63, 3.8) is 0 Å². The smallest absolute Gasteiger partial charge is 0.132 e. The van der Waals surface area contributed by atoms with E-state index in [0.717, 1.165) is 11.3 Å². The molecule has 2 aromatic rings. The summed E-state index contributed by atoms with van der Waals surface area (Å²) in [4.78, 5) is 0. The number of rotatable bonds is 5. The molecule has 0 radical (unpaired) electrons. The lowest BCUT2D eigenvalue weighted by Gasteiger charge is -2.18. The molecular weight excluding hydrogens is 259 g/mol. The van der Waals surface area contributed by atoms with Gasteiger partial charge in [-0.3, -0.25) is 5.84 Å². The maximum atomic E-state index is 14.1. The van der Waals surface area contributed by atoms with Gasteiger partial charge in [-0.25, -0.2) is 9.82 Å². The highest BCUT2D eigenvalue weighted by molar-refractivity contribution is 5.38. The molecule has 0 aliphatic rings. The van der Waals surface area contributed by atoms with Gasteiger partial charge in [0.25, 0.3) is 0 Å². The molecule has 0 fully saturated rings. The number of benzene rings is 2. The zero-order chi connectivity index (χ0) is 14.5. The van der Waals surface area contributed by atoms with Gasteiger partial charge in [-0.15, -0.1) is 0 Å². The Morgan fingerprint density at radius 2 is 1.60 bits per heavy atom. The highest BCUT2D eigenvalue weighted by Gasteiger charge is 2.17. The molecule has 0 aliphatic heterocycles. The fourth-order valence-electron chi connectivity index (χ4n) is 2.03. The number of nitrogens with two attached hydrogens (primary N) is 1. The SMILES string of the molecule is COc1ccc(C(NN)c2ccc(OC)cc2F)cc1. The molecule has 2 rings (SSSR count). The van der Waals surface area contributed by atoms with Gasteiger partial charge in [0.1, 0.15) is 17.3 Å². The summed E-state index contributed by atoms with van der Waals surface area (Å²) < 4.78 is 24.2. The quantitative estimate of drug-likeness (QED) is 0.650. The number of hydrazine groups is 1. The van der Waals surface area contributed by atoms with Crippen LogP contribution in [0.3, 0.4) is 0 Å². The molecule has 0 aromatic heterocycles. The van der Waals surface area contributed by atoms with E-state index in [4.69, 9.17) is 15.3 Å². The molecule has 1 atom stereocenters. The summed E-state index contributed by atoms with van der Waals surface area (Å²) in [7, 11) is 3.09. The lowest BCUT2D eigenvalue weighted by atomic mass is 9.98. The average molecular weight is 276 g/mol. The molecule has 0 amide bonds. The van der Waals surface area contributed by atoms with Crippen LogP contribution in [0.15, 0.2) is 42.5 Å². The van der Waals surface area contributed by atoms with E-state index in [0.29, 0.717) is 11.3 Å². The maximum Gasteiger partial charge on any atom is 0.132 e. The van der Waals surface area contributed by atoms with Gasteiger partial charge >= 0.3 is 0 Å². The number of nitrogens with one attached hydrogen (secondary N) is 1. The Hall–Kier alpha value is -2.11. The second-order valence-corrected chi connectivity index (χ2v) is 4.26. The van der Waals surface area contributed by atoms with E-state index < -0.39 is 6.04 Å². The van der Waals surface area contributed by atoms with Gasteiger partial charge in [0.2, 0.25) is 0 Å². The zero-order valence-electron chi connectivity index (χ0n) is 11.4. The van der Waals surface area contributed by atoms with Crippen LogP contribution in [-0.2, 0) is 0 Å². The van der Waals surface area contributed by atoms with E-state index in [-0.39, 0.29) is 5.82 Å². The summed E-state index contributed by atoms with van der Waals surface area (Å²) in [5, 5.41) is 0. The van der Waals surface area contributed by atoms with Gasteiger partial charge in [0.05, 0.1) is 20.3 Å². The Morgan fingerprint density at radius 3 is 2.10 bits per heavy atom. The van der Waals surface area contributed by atoms with Crippen LogP contribution in [0.25, 0.3) is 0 Å². The summed E-state index contributed by atoms with van der Waals surface area (Å²) in [6.45, 7) is 0. The van der Waals surface area contributed by atoms with Gasteiger partial charge in [-0.05, 0) is 23.8 Å². The van der Waals surface area contributed by atoms with E-state index in [9.17, 15) is 4.39 Å². The van der Waals surface area contributed by atoms with Crippen LogP contribution in [0.4, 0.5) is 4.39 Å². The fraction of sp³-hybridized carbons (Fsp3) is 0.200. The molecule has 106 valence electrons. The van der Waals surface area contributed by atoms with E-state index in [1.807, 2.05) is 12.1 Å². The average Bonchev–Trinajstić information content (AvgIpc) is 2.50. The Kier molecular flexibility index (Phi) is 4.55. The lowest BCUT2D eigenvalue weighted by Crippen LogP contribution is -2.29. The first-order valence-electron chi connectivity index (χ1n) is 6.13. The van der Waals surface area contributed by atoms with Crippen molar-refractivity contribution in [3.05, 3.63) is 59.4 Å². The minimum Gasteiger partial charge on any atom is -0.497 e. The van der Waals surface area contributed by atoms with Crippen LogP contribution < -0.4 is 20.7 Å². The third-order valence-corrected chi connectivity index (χ3v) is 3.13. The minimum atomic E-state index is -0.438. The van der Waals surface area contributed by atoms with Crippen LogP contribution in [0, 0.1) is 5.82 Å². The highest BCUT2D eigenvalue weighted by atomic mass is 19.1. The van der Waals surface area contributed by atoms with Crippen LogP contribution in [0.2, 0.25) is 0 Å². The van der Waals surface area contributed by atoms with Crippen LogP contribution in [-0.4, -0.2) is 14.2 Å².